The Morgan fingerprint density at radius 3 is 1.82 bits per heavy atom. The van der Waals surface area contributed by atoms with Crippen LogP contribution < -0.4 is 0 Å². The van der Waals surface area contributed by atoms with E-state index in [1.165, 1.54) is 0 Å². The Morgan fingerprint density at radius 2 is 1.36 bits per heavy atom. The fourth-order valence-electron chi connectivity index (χ4n) is 0.512. The van der Waals surface area contributed by atoms with E-state index in [-0.39, 0.29) is 29.6 Å². The van der Waals surface area contributed by atoms with Crippen LogP contribution >= 0.6 is 60.4 Å². The average Bonchev–Trinajstić information content (AvgIpc) is 1.84. The molecule has 0 aromatic heterocycles. The van der Waals surface area contributed by atoms with Crippen LogP contribution in [0.2, 0.25) is 0 Å². The van der Waals surface area contributed by atoms with Gasteiger partial charge in [-0.1, -0.05) is 0 Å². The van der Waals surface area contributed by atoms with Gasteiger partial charge >= 0.3 is 29.6 Å². The third kappa shape index (κ3) is 3.71. The Hall–Kier alpha value is 2.01. The molecule has 0 aliphatic rings. The van der Waals surface area contributed by atoms with Crippen LogP contribution in [0.25, 0.3) is 0 Å². The van der Waals surface area contributed by atoms with Crippen molar-refractivity contribution in [2.75, 3.05) is 0 Å². The molecule has 56 valence electrons. The van der Waals surface area contributed by atoms with Crippen LogP contribution in [0, 0.1) is 0 Å². The standard InChI is InChI=1S/C6H3Br3S.Na.H/c7-3-1-5(9)6(10)2-4(3)8;;/h1-2,10H;;. The van der Waals surface area contributed by atoms with Gasteiger partial charge in [0.2, 0.25) is 0 Å². The van der Waals surface area contributed by atoms with E-state index in [1.54, 1.807) is 0 Å². The van der Waals surface area contributed by atoms with Crippen LogP contribution in [0.15, 0.2) is 30.4 Å². The monoisotopic (exact) mass is 368 g/mol. The molecule has 1 aromatic rings. The van der Waals surface area contributed by atoms with Crippen molar-refractivity contribution in [1.29, 1.82) is 0 Å². The fourth-order valence-corrected chi connectivity index (χ4v) is 2.22. The molecule has 1 rings (SSSR count). The zero-order valence-electron chi connectivity index (χ0n) is 4.74. The van der Waals surface area contributed by atoms with Gasteiger partial charge in [-0.15, -0.1) is 12.6 Å². The van der Waals surface area contributed by atoms with Crippen LogP contribution in [0.5, 0.6) is 0 Å². The molecule has 0 radical (unpaired) electrons. The Morgan fingerprint density at radius 1 is 0.909 bits per heavy atom. The molecule has 11 heavy (non-hydrogen) atoms. The van der Waals surface area contributed by atoms with Crippen LogP contribution in [0.4, 0.5) is 0 Å². The van der Waals surface area contributed by atoms with Gasteiger partial charge in [0, 0.05) is 18.3 Å². The zero-order chi connectivity index (χ0) is 7.72. The first-order valence-electron chi connectivity index (χ1n) is 2.45. The molecular formula is C6H4Br3NaS. The molecule has 0 saturated carbocycles. The van der Waals surface area contributed by atoms with Gasteiger partial charge < -0.3 is 0 Å². The number of benzene rings is 1. The minimum atomic E-state index is 0. The van der Waals surface area contributed by atoms with Gasteiger partial charge in [0.05, 0.1) is 0 Å². The van der Waals surface area contributed by atoms with Crippen LogP contribution in [0.1, 0.15) is 0 Å². The molecule has 0 fully saturated rings. The Balaban J connectivity index is 0.000001000. The summed E-state index contributed by atoms with van der Waals surface area (Å²) < 4.78 is 3.03. The number of hydrogen-bond acceptors (Lipinski definition) is 1. The van der Waals surface area contributed by atoms with Crippen molar-refractivity contribution in [3.63, 3.8) is 0 Å². The summed E-state index contributed by atoms with van der Waals surface area (Å²) in [5.41, 5.74) is 0. The number of hydrogen-bond donors (Lipinski definition) is 1. The third-order valence-electron chi connectivity index (χ3n) is 0.990. The number of halogens is 3. The first kappa shape index (κ1) is 13.0. The molecule has 5 heteroatoms. The molecule has 0 nitrogen and oxygen atoms in total. The van der Waals surface area contributed by atoms with Gasteiger partial charge in [-0.05, 0) is 59.9 Å². The van der Waals surface area contributed by atoms with Gasteiger partial charge in [0.25, 0.3) is 0 Å². The van der Waals surface area contributed by atoms with Crippen molar-refractivity contribution in [1.82, 2.24) is 0 Å². The first-order chi connectivity index (χ1) is 4.61. The Kier molecular flexibility index (Phi) is 6.72. The van der Waals surface area contributed by atoms with Crippen molar-refractivity contribution in [2.45, 2.75) is 4.90 Å². The molecule has 0 heterocycles. The van der Waals surface area contributed by atoms with E-state index < -0.39 is 0 Å². The summed E-state index contributed by atoms with van der Waals surface area (Å²) in [7, 11) is 0. The molecule has 0 amide bonds. The molecule has 0 saturated heterocycles. The first-order valence-corrected chi connectivity index (χ1v) is 5.27. The van der Waals surface area contributed by atoms with Crippen LogP contribution in [0.3, 0.4) is 0 Å². The maximum absolute atomic E-state index is 4.22. The van der Waals surface area contributed by atoms with E-state index in [0.29, 0.717) is 0 Å². The second-order valence-electron chi connectivity index (χ2n) is 1.72. The van der Waals surface area contributed by atoms with E-state index in [4.69, 9.17) is 0 Å². The molecule has 0 spiro atoms. The molecule has 1 aromatic carbocycles. The second-order valence-corrected chi connectivity index (χ2v) is 4.76. The van der Waals surface area contributed by atoms with Crippen LogP contribution in [-0.4, -0.2) is 29.6 Å². The molecule has 0 aliphatic carbocycles. The van der Waals surface area contributed by atoms with E-state index in [2.05, 4.69) is 60.4 Å². The molecule has 0 bridgehead atoms. The zero-order valence-corrected chi connectivity index (χ0v) is 10.4. The van der Waals surface area contributed by atoms with Crippen molar-refractivity contribution >= 4 is 90.0 Å². The SMILES string of the molecule is Sc1cc(Br)c(Br)cc1Br.[NaH]. The molecule has 0 unspecified atom stereocenters. The molecule has 0 aliphatic heterocycles. The van der Waals surface area contributed by atoms with Gasteiger partial charge in [-0.25, -0.2) is 0 Å². The molecular weight excluding hydrogens is 367 g/mol. The Labute approximate surface area is 119 Å². The summed E-state index contributed by atoms with van der Waals surface area (Å²) in [5.74, 6) is 0. The van der Waals surface area contributed by atoms with Crippen molar-refractivity contribution in [3.8, 4) is 0 Å². The normalized spacial score (nSPS) is 9.09. The summed E-state index contributed by atoms with van der Waals surface area (Å²) in [5, 5.41) is 0. The summed E-state index contributed by atoms with van der Waals surface area (Å²) in [4.78, 5) is 0.926. The summed E-state index contributed by atoms with van der Waals surface area (Å²) >= 11 is 14.3. The van der Waals surface area contributed by atoms with E-state index in [9.17, 15) is 0 Å². The topological polar surface area (TPSA) is 0 Å². The minimum absolute atomic E-state index is 0. The van der Waals surface area contributed by atoms with Crippen molar-refractivity contribution in [2.24, 2.45) is 0 Å². The molecule has 0 N–H and O–H groups in total. The van der Waals surface area contributed by atoms with Crippen molar-refractivity contribution in [3.05, 3.63) is 25.6 Å². The second kappa shape index (κ2) is 5.68. The van der Waals surface area contributed by atoms with Gasteiger partial charge in [-0.3, -0.25) is 0 Å². The molecule has 0 atom stereocenters. The maximum atomic E-state index is 4.22. The van der Waals surface area contributed by atoms with Gasteiger partial charge in [-0.2, -0.15) is 0 Å². The predicted octanol–water partition coefficient (Wildman–Crippen LogP) is 3.61. The predicted molar refractivity (Wildman–Crippen MR) is 63.9 cm³/mol. The Bertz CT molecular complexity index is 214. The average molecular weight is 371 g/mol. The van der Waals surface area contributed by atoms with Crippen molar-refractivity contribution < 1.29 is 0 Å². The summed E-state index contributed by atoms with van der Waals surface area (Å²) in [6.07, 6.45) is 0. The van der Waals surface area contributed by atoms with E-state index in [0.717, 1.165) is 18.3 Å². The van der Waals surface area contributed by atoms with E-state index >= 15 is 0 Å². The van der Waals surface area contributed by atoms with Crippen LogP contribution in [-0.2, 0) is 0 Å². The third-order valence-corrected chi connectivity index (χ3v) is 4.17. The fraction of sp³-hybridized carbons (Fsp3) is 0. The summed E-state index contributed by atoms with van der Waals surface area (Å²) in [6, 6.07) is 3.88. The van der Waals surface area contributed by atoms with Gasteiger partial charge in [0.1, 0.15) is 0 Å². The van der Waals surface area contributed by atoms with Gasteiger partial charge in [0.15, 0.2) is 0 Å². The number of thiol groups is 1. The van der Waals surface area contributed by atoms with E-state index in [1.807, 2.05) is 12.1 Å². The quantitative estimate of drug-likeness (QED) is 0.402. The summed E-state index contributed by atoms with van der Waals surface area (Å²) in [6.45, 7) is 0. The number of rotatable bonds is 0.